The second-order valence-electron chi connectivity index (χ2n) is 8.45. The molecular formula is C26H29FN4O3. The minimum absolute atomic E-state index is 0.406. The monoisotopic (exact) mass is 464 g/mol. The van der Waals surface area contributed by atoms with Gasteiger partial charge in [-0.15, -0.1) is 0 Å². The maximum Gasteiger partial charge on any atom is 0.149 e. The Morgan fingerprint density at radius 1 is 1.15 bits per heavy atom. The van der Waals surface area contributed by atoms with Gasteiger partial charge in [-0.1, -0.05) is 25.1 Å². The lowest BCUT2D eigenvalue weighted by Gasteiger charge is -2.34. The third-order valence-corrected chi connectivity index (χ3v) is 6.28. The van der Waals surface area contributed by atoms with Gasteiger partial charge in [-0.05, 0) is 31.2 Å². The predicted molar refractivity (Wildman–Crippen MR) is 129 cm³/mol. The fraction of sp³-hybridized carbons (Fsp3) is 0.385. The van der Waals surface area contributed by atoms with E-state index in [0.29, 0.717) is 31.9 Å². The summed E-state index contributed by atoms with van der Waals surface area (Å²) in [4.78, 5) is 11.6. The molecule has 1 unspecified atom stereocenters. The molecule has 8 heteroatoms. The standard InChI is InChI=1S/C26H29FN4O3/c1-3-30-11-10-23(20(27)17-30)34-24-6-4-5-18-7-8-21(29-26(18)24)22-16-28-25-15-19(9-12-31(22)25)33-14-13-32-2/h4-9,12,15-16,20,23H,3,10-11,13-14,17H2,1-2H3/t20?,23-/m0/s1. The number of para-hydroxylation sites is 1. The van der Waals surface area contributed by atoms with Crippen LogP contribution in [0.1, 0.15) is 13.3 Å². The third kappa shape index (κ3) is 4.56. The summed E-state index contributed by atoms with van der Waals surface area (Å²) in [5.41, 5.74) is 3.11. The number of ether oxygens (including phenoxy) is 3. The molecule has 0 radical (unpaired) electrons. The fourth-order valence-electron chi connectivity index (χ4n) is 4.37. The van der Waals surface area contributed by atoms with E-state index in [1.807, 2.05) is 53.1 Å². The van der Waals surface area contributed by atoms with E-state index in [-0.39, 0.29) is 0 Å². The number of fused-ring (bicyclic) bond motifs is 2. The van der Waals surface area contributed by atoms with E-state index in [1.54, 1.807) is 13.3 Å². The van der Waals surface area contributed by atoms with E-state index in [0.717, 1.165) is 46.8 Å². The Bertz CT molecular complexity index is 1280. The molecule has 5 rings (SSSR count). The number of piperidine rings is 1. The average molecular weight is 465 g/mol. The highest BCUT2D eigenvalue weighted by Crippen LogP contribution is 2.30. The molecule has 178 valence electrons. The van der Waals surface area contributed by atoms with Crippen molar-refractivity contribution >= 4 is 16.6 Å². The van der Waals surface area contributed by atoms with Gasteiger partial charge in [0.2, 0.25) is 0 Å². The van der Waals surface area contributed by atoms with Crippen LogP contribution in [0.15, 0.2) is 54.9 Å². The normalized spacial score (nSPS) is 19.0. The molecule has 4 aromatic rings. The summed E-state index contributed by atoms with van der Waals surface area (Å²) in [6, 6.07) is 13.5. The third-order valence-electron chi connectivity index (χ3n) is 6.28. The Hall–Kier alpha value is -3.23. The molecule has 0 saturated carbocycles. The number of benzene rings is 1. The first-order valence-electron chi connectivity index (χ1n) is 11.7. The Labute approximate surface area is 198 Å². The minimum Gasteiger partial charge on any atom is -0.491 e. The van der Waals surface area contributed by atoms with E-state index in [4.69, 9.17) is 19.2 Å². The summed E-state index contributed by atoms with van der Waals surface area (Å²) >= 11 is 0. The van der Waals surface area contributed by atoms with Crippen LogP contribution < -0.4 is 9.47 Å². The zero-order chi connectivity index (χ0) is 23.5. The van der Waals surface area contributed by atoms with Gasteiger partial charge >= 0.3 is 0 Å². The van der Waals surface area contributed by atoms with Crippen molar-refractivity contribution in [2.45, 2.75) is 25.6 Å². The van der Waals surface area contributed by atoms with Crippen molar-refractivity contribution in [3.05, 3.63) is 54.9 Å². The van der Waals surface area contributed by atoms with Gasteiger partial charge in [0.15, 0.2) is 0 Å². The van der Waals surface area contributed by atoms with Crippen LogP contribution in [-0.2, 0) is 4.74 Å². The average Bonchev–Trinajstić information content (AvgIpc) is 3.28. The maximum atomic E-state index is 14.8. The lowest BCUT2D eigenvalue weighted by atomic mass is 10.1. The number of rotatable bonds is 8. The van der Waals surface area contributed by atoms with Crippen LogP contribution >= 0.6 is 0 Å². The molecule has 1 saturated heterocycles. The van der Waals surface area contributed by atoms with Gasteiger partial charge in [0.05, 0.1) is 24.2 Å². The number of pyridine rings is 2. The minimum atomic E-state index is -1.02. The zero-order valence-corrected chi connectivity index (χ0v) is 19.5. The molecule has 0 bridgehead atoms. The summed E-state index contributed by atoms with van der Waals surface area (Å²) in [7, 11) is 1.64. The lowest BCUT2D eigenvalue weighted by Crippen LogP contribution is -2.46. The summed E-state index contributed by atoms with van der Waals surface area (Å²) in [6.07, 6.45) is 2.89. The molecular weight excluding hydrogens is 435 g/mol. The van der Waals surface area contributed by atoms with Gasteiger partial charge in [-0.2, -0.15) is 0 Å². The highest BCUT2D eigenvalue weighted by atomic mass is 19.1. The fourth-order valence-corrected chi connectivity index (χ4v) is 4.37. The van der Waals surface area contributed by atoms with Gasteiger partial charge in [-0.25, -0.2) is 14.4 Å². The first kappa shape index (κ1) is 22.6. The Morgan fingerprint density at radius 2 is 2.06 bits per heavy atom. The van der Waals surface area contributed by atoms with Gasteiger partial charge in [0.1, 0.15) is 41.5 Å². The number of aromatic nitrogens is 3. The molecule has 1 aromatic carbocycles. The number of likely N-dealkylation sites (tertiary alicyclic amines) is 1. The maximum absolute atomic E-state index is 14.8. The Morgan fingerprint density at radius 3 is 2.88 bits per heavy atom. The molecule has 1 aliphatic rings. The summed E-state index contributed by atoms with van der Waals surface area (Å²) in [5.74, 6) is 1.35. The first-order valence-corrected chi connectivity index (χ1v) is 11.7. The number of alkyl halides is 1. The van der Waals surface area contributed by atoms with E-state index in [9.17, 15) is 4.39 Å². The van der Waals surface area contributed by atoms with Crippen LogP contribution in [-0.4, -0.2) is 71.5 Å². The van der Waals surface area contributed by atoms with Crippen molar-refractivity contribution in [2.75, 3.05) is 40.0 Å². The molecule has 0 aliphatic carbocycles. The van der Waals surface area contributed by atoms with Crippen LogP contribution in [0.5, 0.6) is 11.5 Å². The number of imidazole rings is 1. The van der Waals surface area contributed by atoms with Crippen LogP contribution in [0.2, 0.25) is 0 Å². The largest absolute Gasteiger partial charge is 0.491 e. The smallest absolute Gasteiger partial charge is 0.149 e. The van der Waals surface area contributed by atoms with Crippen molar-refractivity contribution in [3.63, 3.8) is 0 Å². The number of nitrogens with zero attached hydrogens (tertiary/aromatic N) is 4. The first-order chi connectivity index (χ1) is 16.7. The van der Waals surface area contributed by atoms with Crippen molar-refractivity contribution in [1.29, 1.82) is 0 Å². The highest BCUT2D eigenvalue weighted by molar-refractivity contribution is 5.86. The molecule has 34 heavy (non-hydrogen) atoms. The van der Waals surface area contributed by atoms with Crippen LogP contribution in [0, 0.1) is 0 Å². The van der Waals surface area contributed by atoms with E-state index in [1.165, 1.54) is 0 Å². The SMILES string of the molecule is CCN1CC[C@H](Oc2cccc3ccc(-c4cnc5cc(OCCOC)ccn45)nc23)C(F)C1. The van der Waals surface area contributed by atoms with Crippen molar-refractivity contribution < 1.29 is 18.6 Å². The molecule has 1 aliphatic heterocycles. The second kappa shape index (κ2) is 9.95. The van der Waals surface area contributed by atoms with Crippen LogP contribution in [0.4, 0.5) is 4.39 Å². The van der Waals surface area contributed by atoms with E-state index < -0.39 is 12.3 Å². The quantitative estimate of drug-likeness (QED) is 0.361. The van der Waals surface area contributed by atoms with Crippen LogP contribution in [0.3, 0.4) is 0 Å². The summed E-state index contributed by atoms with van der Waals surface area (Å²) in [6.45, 7) is 5.16. The topological polar surface area (TPSA) is 61.1 Å². The molecule has 4 heterocycles. The number of hydrogen-bond acceptors (Lipinski definition) is 6. The molecule has 3 aromatic heterocycles. The number of halogens is 1. The molecule has 0 spiro atoms. The van der Waals surface area contributed by atoms with Crippen LogP contribution in [0.25, 0.3) is 27.9 Å². The van der Waals surface area contributed by atoms with Gasteiger partial charge in [0.25, 0.3) is 0 Å². The van der Waals surface area contributed by atoms with Gasteiger partial charge in [0, 0.05) is 37.8 Å². The Balaban J connectivity index is 1.43. The summed E-state index contributed by atoms with van der Waals surface area (Å²) in [5, 5.41) is 0.949. The van der Waals surface area contributed by atoms with E-state index >= 15 is 0 Å². The zero-order valence-electron chi connectivity index (χ0n) is 19.5. The molecule has 0 amide bonds. The van der Waals surface area contributed by atoms with Gasteiger partial charge in [-0.3, -0.25) is 4.40 Å². The number of hydrogen-bond donors (Lipinski definition) is 0. The predicted octanol–water partition coefficient (Wildman–Crippen LogP) is 4.39. The highest BCUT2D eigenvalue weighted by Gasteiger charge is 2.30. The van der Waals surface area contributed by atoms with Crippen molar-refractivity contribution in [1.82, 2.24) is 19.3 Å². The molecule has 7 nitrogen and oxygen atoms in total. The lowest BCUT2D eigenvalue weighted by molar-refractivity contribution is 0.0247. The summed E-state index contributed by atoms with van der Waals surface area (Å²) < 4.78 is 33.6. The molecule has 0 N–H and O–H groups in total. The van der Waals surface area contributed by atoms with Crippen molar-refractivity contribution in [3.8, 4) is 22.9 Å². The second-order valence-corrected chi connectivity index (χ2v) is 8.45. The van der Waals surface area contributed by atoms with E-state index in [2.05, 4.69) is 16.8 Å². The molecule has 2 atom stereocenters. The van der Waals surface area contributed by atoms with Gasteiger partial charge < -0.3 is 19.1 Å². The molecule has 1 fully saturated rings. The van der Waals surface area contributed by atoms with Crippen molar-refractivity contribution in [2.24, 2.45) is 0 Å². The Kier molecular flexibility index (Phi) is 6.60. The number of methoxy groups -OCH3 is 1.